The second-order valence-electron chi connectivity index (χ2n) is 7.76. The lowest BCUT2D eigenvalue weighted by Crippen LogP contribution is -2.49. The lowest BCUT2D eigenvalue weighted by molar-refractivity contribution is -0.134. The van der Waals surface area contributed by atoms with Crippen molar-refractivity contribution in [1.29, 1.82) is 0 Å². The zero-order valence-corrected chi connectivity index (χ0v) is 17.7. The Kier molecular flexibility index (Phi) is 6.91. The van der Waals surface area contributed by atoms with E-state index in [-0.39, 0.29) is 11.8 Å². The van der Waals surface area contributed by atoms with Gasteiger partial charge >= 0.3 is 0 Å². The first-order valence-electron chi connectivity index (χ1n) is 10.3. The summed E-state index contributed by atoms with van der Waals surface area (Å²) in [5, 5.41) is 0. The highest BCUT2D eigenvalue weighted by Crippen LogP contribution is 2.24. The molecule has 1 fully saturated rings. The van der Waals surface area contributed by atoms with E-state index >= 15 is 0 Å². The number of piperazine rings is 1. The summed E-state index contributed by atoms with van der Waals surface area (Å²) in [5.74, 6) is 0.131. The number of anilines is 1. The molecule has 2 aromatic rings. The topological polar surface area (TPSA) is 43.9 Å². The maximum absolute atomic E-state index is 12.7. The lowest BCUT2D eigenvalue weighted by Gasteiger charge is -2.37. The third-order valence-electron chi connectivity index (χ3n) is 5.81. The molecule has 0 unspecified atom stereocenters. The smallest absolute Gasteiger partial charge is 0.224 e. The number of nitrogens with zero attached hydrogens (tertiary/aromatic N) is 3. The zero-order chi connectivity index (χ0) is 20.8. The molecule has 2 amide bonds. The Morgan fingerprint density at radius 1 is 0.931 bits per heavy atom. The maximum atomic E-state index is 12.7. The van der Waals surface area contributed by atoms with Crippen molar-refractivity contribution in [2.24, 2.45) is 0 Å². The molecule has 0 N–H and O–H groups in total. The van der Waals surface area contributed by atoms with Gasteiger partial charge in [0.1, 0.15) is 0 Å². The second kappa shape index (κ2) is 9.59. The van der Waals surface area contributed by atoms with E-state index < -0.39 is 0 Å². The van der Waals surface area contributed by atoms with Gasteiger partial charge in [0.2, 0.25) is 11.8 Å². The molecule has 1 aliphatic rings. The van der Waals surface area contributed by atoms with E-state index in [4.69, 9.17) is 0 Å². The highest BCUT2D eigenvalue weighted by molar-refractivity contribution is 5.78. The van der Waals surface area contributed by atoms with Crippen LogP contribution in [0.4, 0.5) is 5.69 Å². The summed E-state index contributed by atoms with van der Waals surface area (Å²) >= 11 is 0. The Morgan fingerprint density at radius 3 is 2.28 bits per heavy atom. The van der Waals surface area contributed by atoms with Crippen LogP contribution in [0, 0.1) is 13.8 Å². The van der Waals surface area contributed by atoms with Crippen LogP contribution in [0.3, 0.4) is 0 Å². The average molecular weight is 394 g/mol. The molecule has 0 radical (unpaired) electrons. The van der Waals surface area contributed by atoms with Crippen LogP contribution >= 0.6 is 0 Å². The lowest BCUT2D eigenvalue weighted by atomic mass is 10.1. The zero-order valence-electron chi connectivity index (χ0n) is 17.7. The number of hydrogen-bond acceptors (Lipinski definition) is 3. The Bertz CT molecular complexity index is 842. The number of carbonyl (C=O) groups excluding carboxylic acids is 2. The summed E-state index contributed by atoms with van der Waals surface area (Å²) in [5.41, 5.74) is 4.95. The van der Waals surface area contributed by atoms with Crippen LogP contribution in [0.1, 0.15) is 30.0 Å². The highest BCUT2D eigenvalue weighted by Gasteiger charge is 2.23. The van der Waals surface area contributed by atoms with Crippen LogP contribution in [-0.2, 0) is 16.1 Å². The predicted molar refractivity (Wildman–Crippen MR) is 117 cm³/mol. The van der Waals surface area contributed by atoms with Gasteiger partial charge in [-0.05, 0) is 36.6 Å². The van der Waals surface area contributed by atoms with Gasteiger partial charge in [-0.1, -0.05) is 42.5 Å². The summed E-state index contributed by atoms with van der Waals surface area (Å²) < 4.78 is 0. The van der Waals surface area contributed by atoms with Gasteiger partial charge in [-0.25, -0.2) is 0 Å². The van der Waals surface area contributed by atoms with Gasteiger partial charge in [0, 0.05) is 58.3 Å². The van der Waals surface area contributed by atoms with E-state index in [1.54, 1.807) is 11.8 Å². The maximum Gasteiger partial charge on any atom is 0.224 e. The quantitative estimate of drug-likeness (QED) is 0.756. The number of aryl methyl sites for hydroxylation is 1. The van der Waals surface area contributed by atoms with Gasteiger partial charge in [0.15, 0.2) is 0 Å². The number of amides is 2. The minimum Gasteiger partial charge on any atom is -0.368 e. The number of benzene rings is 2. The second-order valence-corrected chi connectivity index (χ2v) is 7.76. The van der Waals surface area contributed by atoms with Crippen molar-refractivity contribution in [3.63, 3.8) is 0 Å². The molecule has 154 valence electrons. The summed E-state index contributed by atoms with van der Waals surface area (Å²) in [6.45, 7) is 10.0. The van der Waals surface area contributed by atoms with Crippen molar-refractivity contribution >= 4 is 17.5 Å². The van der Waals surface area contributed by atoms with Crippen LogP contribution in [0.5, 0.6) is 0 Å². The molecule has 3 rings (SSSR count). The van der Waals surface area contributed by atoms with Crippen LogP contribution in [-0.4, -0.2) is 54.3 Å². The first-order chi connectivity index (χ1) is 14.0. The van der Waals surface area contributed by atoms with Crippen molar-refractivity contribution in [3.8, 4) is 0 Å². The van der Waals surface area contributed by atoms with E-state index in [9.17, 15) is 9.59 Å². The standard InChI is InChI=1S/C24H31N3O2/c1-19-8-7-11-23(20(19)2)25-14-16-26(17-15-25)24(29)12-13-27(21(3)28)18-22-9-5-4-6-10-22/h4-11H,12-18H2,1-3H3. The van der Waals surface area contributed by atoms with Gasteiger partial charge in [0.05, 0.1) is 0 Å². The SMILES string of the molecule is CC(=O)N(CCC(=O)N1CCN(c2cccc(C)c2C)CC1)Cc1ccccc1. The van der Waals surface area contributed by atoms with Crippen molar-refractivity contribution in [1.82, 2.24) is 9.80 Å². The van der Waals surface area contributed by atoms with Crippen molar-refractivity contribution in [2.75, 3.05) is 37.6 Å². The van der Waals surface area contributed by atoms with Crippen molar-refractivity contribution < 1.29 is 9.59 Å². The third kappa shape index (κ3) is 5.37. The minimum absolute atomic E-state index is 0.00129. The fourth-order valence-corrected chi connectivity index (χ4v) is 3.82. The van der Waals surface area contributed by atoms with Crippen LogP contribution in [0.25, 0.3) is 0 Å². The van der Waals surface area contributed by atoms with Crippen molar-refractivity contribution in [2.45, 2.75) is 33.7 Å². The van der Waals surface area contributed by atoms with Gasteiger partial charge in [0.25, 0.3) is 0 Å². The highest BCUT2D eigenvalue weighted by atomic mass is 16.2. The summed E-state index contributed by atoms with van der Waals surface area (Å²) in [6, 6.07) is 16.3. The van der Waals surface area contributed by atoms with Crippen molar-refractivity contribution in [3.05, 3.63) is 65.2 Å². The van der Waals surface area contributed by atoms with Gasteiger partial charge < -0.3 is 14.7 Å². The molecule has 29 heavy (non-hydrogen) atoms. The van der Waals surface area contributed by atoms with Gasteiger partial charge in [-0.3, -0.25) is 9.59 Å². The fraction of sp³-hybridized carbons (Fsp3) is 0.417. The molecule has 5 heteroatoms. The monoisotopic (exact) mass is 393 g/mol. The molecular weight excluding hydrogens is 362 g/mol. The van der Waals surface area contributed by atoms with E-state index in [0.717, 1.165) is 31.7 Å². The number of hydrogen-bond donors (Lipinski definition) is 0. The molecule has 0 aromatic heterocycles. The molecule has 0 saturated carbocycles. The first kappa shape index (κ1) is 20.9. The Balaban J connectivity index is 1.51. The summed E-state index contributed by atoms with van der Waals surface area (Å²) in [7, 11) is 0. The molecule has 0 bridgehead atoms. The summed E-state index contributed by atoms with van der Waals surface area (Å²) in [4.78, 5) is 30.7. The molecule has 1 heterocycles. The van der Waals surface area contributed by atoms with E-state index in [2.05, 4.69) is 36.9 Å². The fourth-order valence-electron chi connectivity index (χ4n) is 3.82. The minimum atomic E-state index is 0.00129. The average Bonchev–Trinajstić information content (AvgIpc) is 2.73. The summed E-state index contributed by atoms with van der Waals surface area (Å²) in [6.07, 6.45) is 0.371. The third-order valence-corrected chi connectivity index (χ3v) is 5.81. The van der Waals surface area contributed by atoms with Crippen LogP contribution in [0.2, 0.25) is 0 Å². The molecule has 2 aromatic carbocycles. The Labute approximate surface area is 173 Å². The molecule has 5 nitrogen and oxygen atoms in total. The Morgan fingerprint density at radius 2 is 1.62 bits per heavy atom. The molecule has 1 aliphatic heterocycles. The molecule has 0 spiro atoms. The molecular formula is C24H31N3O2. The van der Waals surface area contributed by atoms with Gasteiger partial charge in [-0.15, -0.1) is 0 Å². The van der Waals surface area contributed by atoms with E-state index in [0.29, 0.717) is 19.5 Å². The van der Waals surface area contributed by atoms with Gasteiger partial charge in [-0.2, -0.15) is 0 Å². The van der Waals surface area contributed by atoms with E-state index in [1.165, 1.54) is 16.8 Å². The predicted octanol–water partition coefficient (Wildman–Crippen LogP) is 3.39. The molecule has 1 saturated heterocycles. The van der Waals surface area contributed by atoms with E-state index in [1.807, 2.05) is 35.2 Å². The number of carbonyl (C=O) groups is 2. The van der Waals surface area contributed by atoms with Crippen LogP contribution < -0.4 is 4.90 Å². The Hall–Kier alpha value is -2.82. The molecule has 0 atom stereocenters. The largest absolute Gasteiger partial charge is 0.368 e. The van der Waals surface area contributed by atoms with Crippen LogP contribution in [0.15, 0.2) is 48.5 Å². The molecule has 0 aliphatic carbocycles. The first-order valence-corrected chi connectivity index (χ1v) is 10.3. The number of rotatable bonds is 6. The normalized spacial score (nSPS) is 14.0.